The zero-order chi connectivity index (χ0) is 37.0. The lowest BCUT2D eigenvalue weighted by atomic mass is 9.87. The number of fused-ring (bicyclic) bond motifs is 1. The fourth-order valence-corrected chi connectivity index (χ4v) is 7.58. The number of halogens is 2. The van der Waals surface area contributed by atoms with Crippen LogP contribution in [-0.2, 0) is 22.6 Å². The predicted octanol–water partition coefficient (Wildman–Crippen LogP) is 10.2. The number of hydrogen-bond donors (Lipinski definition) is 2. The highest BCUT2D eigenvalue weighted by atomic mass is 79.9. The molecule has 2 N–H and O–H groups in total. The molecule has 1 unspecified atom stereocenters. The maximum absolute atomic E-state index is 14.3. The number of nitrogens with one attached hydrogen (secondary N) is 2. The lowest BCUT2D eigenvalue weighted by Crippen LogP contribution is -2.31. The Morgan fingerprint density at radius 2 is 1.75 bits per heavy atom. The van der Waals surface area contributed by atoms with E-state index in [-0.39, 0.29) is 11.3 Å². The molecule has 0 radical (unpaired) electrons. The molecule has 1 amide bonds. The molecule has 1 aliphatic rings. The first kappa shape index (κ1) is 37.3. The van der Waals surface area contributed by atoms with E-state index in [0.29, 0.717) is 73.8 Å². The minimum atomic E-state index is -0.679. The Labute approximate surface area is 322 Å². The van der Waals surface area contributed by atoms with Crippen LogP contribution in [0.3, 0.4) is 0 Å². The number of thioether (sulfide) groups is 1. The summed E-state index contributed by atoms with van der Waals surface area (Å²) in [6.45, 7) is 11.1. The number of nitrogens with zero attached hydrogens (tertiary/aromatic N) is 3. The van der Waals surface area contributed by atoms with Gasteiger partial charge in [-0.1, -0.05) is 98.7 Å². The quantitative estimate of drug-likeness (QED) is 0.120. The highest BCUT2D eigenvalue weighted by Gasteiger charge is 2.36. The number of allylic oxidation sites excluding steroid dienone is 1. The van der Waals surface area contributed by atoms with Gasteiger partial charge in [0.05, 0.1) is 29.4 Å². The number of para-hydroxylation sites is 2. The summed E-state index contributed by atoms with van der Waals surface area (Å²) < 4.78 is 20.5. The van der Waals surface area contributed by atoms with Crippen molar-refractivity contribution >= 4 is 56.8 Å². The zero-order valence-electron chi connectivity index (χ0n) is 29.9. The molecule has 1 aliphatic heterocycles. The van der Waals surface area contributed by atoms with Crippen LogP contribution in [-0.4, -0.2) is 34.4 Å². The molecule has 4 aromatic carbocycles. The Morgan fingerprint density at radius 3 is 2.46 bits per heavy atom. The number of anilines is 2. The second kappa shape index (κ2) is 16.1. The first-order chi connectivity index (χ1) is 25.0. The van der Waals surface area contributed by atoms with E-state index in [9.17, 15) is 4.79 Å². The molecule has 0 spiro atoms. The van der Waals surface area contributed by atoms with Crippen LogP contribution in [0.15, 0.2) is 106 Å². The topological polar surface area (TPSA) is 99.5 Å². The second-order valence-electron chi connectivity index (χ2n) is 13.3. The number of carbonyl (C=O) groups excluding carboxylic acids is 1. The number of carbonyl (C=O) groups is 1. The minimum Gasteiger partial charge on any atom is -0.493 e. The van der Waals surface area contributed by atoms with Crippen LogP contribution < -0.4 is 24.8 Å². The smallest absolute Gasteiger partial charge is 0.255 e. The Balaban J connectivity index is 1.36. The summed E-state index contributed by atoms with van der Waals surface area (Å²) in [5, 5.41) is 12.5. The van der Waals surface area contributed by atoms with Crippen molar-refractivity contribution < 1.29 is 19.0 Å². The van der Waals surface area contributed by atoms with Crippen LogP contribution in [0.2, 0.25) is 5.02 Å². The number of rotatable bonds is 12. The molecule has 0 saturated heterocycles. The Bertz CT molecular complexity index is 2110. The van der Waals surface area contributed by atoms with Crippen molar-refractivity contribution in [3.63, 3.8) is 0 Å². The highest BCUT2D eigenvalue weighted by Crippen LogP contribution is 2.44. The molecule has 6 rings (SSSR count). The van der Waals surface area contributed by atoms with Gasteiger partial charge >= 0.3 is 0 Å². The molecular formula is C40H41BrClN5O4S. The van der Waals surface area contributed by atoms with E-state index in [2.05, 4.69) is 71.6 Å². The molecule has 0 bridgehead atoms. The number of ether oxygens (including phenoxy) is 3. The molecule has 270 valence electrons. The van der Waals surface area contributed by atoms with Crippen molar-refractivity contribution in [2.45, 2.75) is 63.6 Å². The van der Waals surface area contributed by atoms with E-state index in [4.69, 9.17) is 35.9 Å². The van der Waals surface area contributed by atoms with Gasteiger partial charge in [0.1, 0.15) is 18.4 Å². The molecule has 5 aromatic rings. The van der Waals surface area contributed by atoms with Crippen LogP contribution in [0, 0.1) is 0 Å². The monoisotopic (exact) mass is 801 g/mol. The average molecular weight is 803 g/mol. The summed E-state index contributed by atoms with van der Waals surface area (Å²) in [6, 6.07) is 26.6. The third-order valence-electron chi connectivity index (χ3n) is 8.60. The molecule has 0 fully saturated rings. The van der Waals surface area contributed by atoms with Gasteiger partial charge in [0.2, 0.25) is 11.1 Å². The van der Waals surface area contributed by atoms with Gasteiger partial charge in [-0.2, -0.15) is 4.98 Å². The first-order valence-electron chi connectivity index (χ1n) is 16.9. The Morgan fingerprint density at radius 1 is 1.02 bits per heavy atom. The van der Waals surface area contributed by atoms with Gasteiger partial charge in [-0.25, -0.2) is 4.68 Å². The molecule has 1 atom stereocenters. The molecule has 9 nitrogen and oxygen atoms in total. The molecule has 2 heterocycles. The Hall–Kier alpha value is -4.45. The number of amides is 1. The number of benzene rings is 4. The van der Waals surface area contributed by atoms with Crippen molar-refractivity contribution in [1.29, 1.82) is 0 Å². The highest BCUT2D eigenvalue weighted by molar-refractivity contribution is 9.10. The van der Waals surface area contributed by atoms with E-state index >= 15 is 0 Å². The van der Waals surface area contributed by atoms with Crippen LogP contribution >= 0.6 is 39.3 Å². The zero-order valence-corrected chi connectivity index (χ0v) is 33.1. The standard InChI is InChI=1S/C40H41BrClN5O4S/c1-7-50-32-15-11-10-14-31(32)44-37(48)34-24(2)43-38-45-39(52-23-26-12-8-9-13-30(26)42)46-47(38)35(34)27-20-29(41)36(33(21-27)49-6)51-22-25-16-18-28(19-17-25)40(3,4)5/h8-21,35H,7,22-23H2,1-6H3,(H,44,48)(H,43,45,46). The molecule has 0 aliphatic carbocycles. The van der Waals surface area contributed by atoms with E-state index in [1.54, 1.807) is 11.8 Å². The third kappa shape index (κ3) is 8.27. The van der Waals surface area contributed by atoms with Gasteiger partial charge in [0.25, 0.3) is 5.91 Å². The first-order valence-corrected chi connectivity index (χ1v) is 19.1. The lowest BCUT2D eigenvalue weighted by Gasteiger charge is -2.29. The molecule has 1 aromatic heterocycles. The third-order valence-corrected chi connectivity index (χ3v) is 10.4. The van der Waals surface area contributed by atoms with Gasteiger partial charge in [-0.05, 0) is 87.8 Å². The van der Waals surface area contributed by atoms with E-state index < -0.39 is 6.04 Å². The Kier molecular flexibility index (Phi) is 11.5. The predicted molar refractivity (Wildman–Crippen MR) is 212 cm³/mol. The number of methoxy groups -OCH3 is 1. The fourth-order valence-electron chi connectivity index (χ4n) is 5.89. The maximum atomic E-state index is 14.3. The number of hydrogen-bond acceptors (Lipinski definition) is 8. The summed E-state index contributed by atoms with van der Waals surface area (Å²) in [5.74, 6) is 2.39. The van der Waals surface area contributed by atoms with Gasteiger partial charge in [-0.3, -0.25) is 4.79 Å². The lowest BCUT2D eigenvalue weighted by molar-refractivity contribution is -0.113. The number of aromatic nitrogens is 3. The summed E-state index contributed by atoms with van der Waals surface area (Å²) in [5.41, 5.74) is 5.70. The van der Waals surface area contributed by atoms with Crippen molar-refractivity contribution in [2.24, 2.45) is 0 Å². The van der Waals surface area contributed by atoms with Crippen LogP contribution in [0.25, 0.3) is 0 Å². The van der Waals surface area contributed by atoms with Gasteiger partial charge in [-0.15, -0.1) is 5.10 Å². The van der Waals surface area contributed by atoms with E-state index in [1.165, 1.54) is 17.3 Å². The van der Waals surface area contributed by atoms with Gasteiger partial charge < -0.3 is 24.8 Å². The van der Waals surface area contributed by atoms with Crippen LogP contribution in [0.4, 0.5) is 11.6 Å². The summed E-state index contributed by atoms with van der Waals surface area (Å²) in [4.78, 5) is 19.1. The average Bonchev–Trinajstić information content (AvgIpc) is 3.52. The van der Waals surface area contributed by atoms with Crippen LogP contribution in [0.5, 0.6) is 17.2 Å². The van der Waals surface area contributed by atoms with Crippen molar-refractivity contribution in [2.75, 3.05) is 24.4 Å². The van der Waals surface area contributed by atoms with Gasteiger partial charge in [0, 0.05) is 16.5 Å². The van der Waals surface area contributed by atoms with Crippen molar-refractivity contribution in [3.05, 3.63) is 128 Å². The largest absolute Gasteiger partial charge is 0.493 e. The fraction of sp³-hybridized carbons (Fsp3) is 0.275. The molecule has 12 heteroatoms. The van der Waals surface area contributed by atoms with Crippen molar-refractivity contribution in [3.8, 4) is 17.2 Å². The molecular weight excluding hydrogens is 762 g/mol. The molecule has 0 saturated carbocycles. The SMILES string of the molecule is CCOc1ccccc1NC(=O)C1=C(C)Nc2nc(SCc3ccccc3Cl)nn2C1c1cc(Br)c(OCc2ccc(C(C)(C)C)cc2)c(OC)c1. The summed E-state index contributed by atoms with van der Waals surface area (Å²) >= 11 is 11.7. The summed E-state index contributed by atoms with van der Waals surface area (Å²) in [6.07, 6.45) is 0. The second-order valence-corrected chi connectivity index (χ2v) is 15.5. The minimum absolute atomic E-state index is 0.0599. The summed E-state index contributed by atoms with van der Waals surface area (Å²) in [7, 11) is 1.60. The van der Waals surface area contributed by atoms with Crippen LogP contribution in [0.1, 0.15) is 62.9 Å². The van der Waals surface area contributed by atoms with Gasteiger partial charge in [0.15, 0.2) is 11.5 Å². The van der Waals surface area contributed by atoms with E-state index in [0.717, 1.165) is 16.7 Å². The normalized spacial score (nSPS) is 14.0. The van der Waals surface area contributed by atoms with Crippen molar-refractivity contribution in [1.82, 2.24) is 14.8 Å². The maximum Gasteiger partial charge on any atom is 0.255 e. The van der Waals surface area contributed by atoms with E-state index in [1.807, 2.05) is 74.5 Å². The molecule has 52 heavy (non-hydrogen) atoms.